The predicted octanol–water partition coefficient (Wildman–Crippen LogP) is 2.65. The molecule has 0 bridgehead atoms. The smallest absolute Gasteiger partial charge is 0.234 e. The van der Waals surface area contributed by atoms with Crippen molar-refractivity contribution in [3.05, 3.63) is 28.2 Å². The molecule has 5 heteroatoms. The third-order valence-corrected chi connectivity index (χ3v) is 2.76. The van der Waals surface area contributed by atoms with Crippen molar-refractivity contribution in [1.82, 2.24) is 0 Å². The van der Waals surface area contributed by atoms with Gasteiger partial charge in [-0.3, -0.25) is 9.59 Å². The molecule has 2 amide bonds. The van der Waals surface area contributed by atoms with Gasteiger partial charge in [0.1, 0.15) is 0 Å². The Kier molecular flexibility index (Phi) is 2.67. The minimum Gasteiger partial charge on any atom is -0.274 e. The van der Waals surface area contributed by atoms with Crippen LogP contribution in [0, 0.1) is 0 Å². The maximum absolute atomic E-state index is 11.5. The first-order valence-corrected chi connectivity index (χ1v) is 5.16. The van der Waals surface area contributed by atoms with Gasteiger partial charge in [-0.2, -0.15) is 0 Å². The zero-order chi connectivity index (χ0) is 11.0. The molecule has 2 rings (SSSR count). The van der Waals surface area contributed by atoms with Crippen molar-refractivity contribution in [2.45, 2.75) is 12.8 Å². The highest BCUT2D eigenvalue weighted by molar-refractivity contribution is 6.37. The molecule has 0 N–H and O–H groups in total. The Morgan fingerprint density at radius 2 is 1.67 bits per heavy atom. The standard InChI is InChI=1S/C10H7Cl2NO2/c11-6-1-2-7(12)8(5-6)13-9(14)3-4-10(13)15/h1-2,5H,3-4H2. The van der Waals surface area contributed by atoms with Crippen molar-refractivity contribution in [3.63, 3.8) is 0 Å². The van der Waals surface area contributed by atoms with Crippen molar-refractivity contribution < 1.29 is 9.59 Å². The van der Waals surface area contributed by atoms with Crippen molar-refractivity contribution in [2.24, 2.45) is 0 Å². The van der Waals surface area contributed by atoms with Gasteiger partial charge in [0, 0.05) is 17.9 Å². The summed E-state index contributed by atoms with van der Waals surface area (Å²) in [7, 11) is 0. The topological polar surface area (TPSA) is 37.4 Å². The number of benzene rings is 1. The molecule has 0 spiro atoms. The Morgan fingerprint density at radius 3 is 2.27 bits per heavy atom. The van der Waals surface area contributed by atoms with Crippen LogP contribution in [0.25, 0.3) is 0 Å². The fourth-order valence-corrected chi connectivity index (χ4v) is 1.87. The van der Waals surface area contributed by atoms with Crippen LogP contribution in [0.1, 0.15) is 12.8 Å². The number of amides is 2. The van der Waals surface area contributed by atoms with E-state index in [0.717, 1.165) is 4.90 Å². The van der Waals surface area contributed by atoms with E-state index in [1.165, 1.54) is 6.07 Å². The quantitative estimate of drug-likeness (QED) is 0.712. The highest BCUT2D eigenvalue weighted by Crippen LogP contribution is 2.32. The van der Waals surface area contributed by atoms with E-state index in [1.807, 2.05) is 0 Å². The van der Waals surface area contributed by atoms with Crippen LogP contribution >= 0.6 is 23.2 Å². The largest absolute Gasteiger partial charge is 0.274 e. The van der Waals surface area contributed by atoms with Gasteiger partial charge in [0.05, 0.1) is 10.7 Å². The fraction of sp³-hybridized carbons (Fsp3) is 0.200. The van der Waals surface area contributed by atoms with Crippen molar-refractivity contribution >= 4 is 40.7 Å². The van der Waals surface area contributed by atoms with Crippen molar-refractivity contribution in [1.29, 1.82) is 0 Å². The van der Waals surface area contributed by atoms with Crippen LogP contribution in [0.3, 0.4) is 0 Å². The summed E-state index contributed by atoms with van der Waals surface area (Å²) >= 11 is 11.7. The Hall–Kier alpha value is -1.06. The predicted molar refractivity (Wildman–Crippen MR) is 58.2 cm³/mol. The van der Waals surface area contributed by atoms with E-state index < -0.39 is 0 Å². The van der Waals surface area contributed by atoms with Crippen LogP contribution in [0.5, 0.6) is 0 Å². The van der Waals surface area contributed by atoms with Crippen LogP contribution in [-0.2, 0) is 9.59 Å². The van der Waals surface area contributed by atoms with Gasteiger partial charge < -0.3 is 0 Å². The SMILES string of the molecule is O=C1CCC(=O)N1c1cc(Cl)ccc1Cl. The van der Waals surface area contributed by atoms with Gasteiger partial charge in [0.2, 0.25) is 11.8 Å². The van der Waals surface area contributed by atoms with E-state index in [2.05, 4.69) is 0 Å². The molecule has 0 radical (unpaired) electrons. The zero-order valence-corrected chi connectivity index (χ0v) is 9.18. The molecule has 0 aromatic heterocycles. The normalized spacial score (nSPS) is 16.3. The zero-order valence-electron chi connectivity index (χ0n) is 7.67. The lowest BCUT2D eigenvalue weighted by molar-refractivity contribution is -0.121. The number of imide groups is 1. The fourth-order valence-electron chi connectivity index (χ4n) is 1.50. The molecule has 78 valence electrons. The molecule has 1 aliphatic heterocycles. The molecular weight excluding hydrogens is 237 g/mol. The van der Waals surface area contributed by atoms with E-state index >= 15 is 0 Å². The molecule has 15 heavy (non-hydrogen) atoms. The summed E-state index contributed by atoms with van der Waals surface area (Å²) in [6, 6.07) is 4.70. The Morgan fingerprint density at radius 1 is 1.07 bits per heavy atom. The monoisotopic (exact) mass is 243 g/mol. The molecule has 0 unspecified atom stereocenters. The van der Waals surface area contributed by atoms with Crippen molar-refractivity contribution in [2.75, 3.05) is 4.90 Å². The maximum Gasteiger partial charge on any atom is 0.234 e. The first-order chi connectivity index (χ1) is 7.09. The lowest BCUT2D eigenvalue weighted by Gasteiger charge is -2.15. The number of halogens is 2. The third kappa shape index (κ3) is 1.85. The lowest BCUT2D eigenvalue weighted by atomic mass is 10.3. The van der Waals surface area contributed by atoms with Crippen LogP contribution in [0.4, 0.5) is 5.69 Å². The molecule has 0 saturated carbocycles. The van der Waals surface area contributed by atoms with Gasteiger partial charge in [-0.05, 0) is 18.2 Å². The molecule has 1 heterocycles. The van der Waals surface area contributed by atoms with Gasteiger partial charge in [-0.1, -0.05) is 23.2 Å². The molecule has 1 aromatic carbocycles. The summed E-state index contributed by atoms with van der Waals surface area (Å²) in [5.74, 6) is -0.465. The second-order valence-corrected chi connectivity index (χ2v) is 4.06. The van der Waals surface area contributed by atoms with Crippen LogP contribution < -0.4 is 4.90 Å². The minimum absolute atomic E-state index is 0.232. The number of nitrogens with zero attached hydrogens (tertiary/aromatic N) is 1. The molecule has 3 nitrogen and oxygen atoms in total. The summed E-state index contributed by atoms with van der Waals surface area (Å²) < 4.78 is 0. The van der Waals surface area contributed by atoms with E-state index in [1.54, 1.807) is 12.1 Å². The van der Waals surface area contributed by atoms with E-state index in [9.17, 15) is 9.59 Å². The second-order valence-electron chi connectivity index (χ2n) is 3.22. The average Bonchev–Trinajstić information content (AvgIpc) is 2.51. The molecule has 1 saturated heterocycles. The number of hydrogen-bond acceptors (Lipinski definition) is 2. The summed E-state index contributed by atoms with van der Waals surface area (Å²) in [4.78, 5) is 24.0. The molecular formula is C10H7Cl2NO2. The minimum atomic E-state index is -0.232. The first-order valence-electron chi connectivity index (χ1n) is 4.40. The lowest BCUT2D eigenvalue weighted by Crippen LogP contribution is -2.28. The van der Waals surface area contributed by atoms with Crippen LogP contribution in [-0.4, -0.2) is 11.8 Å². The molecule has 0 atom stereocenters. The second kappa shape index (κ2) is 3.83. The van der Waals surface area contributed by atoms with Crippen LogP contribution in [0.2, 0.25) is 10.0 Å². The van der Waals surface area contributed by atoms with Crippen molar-refractivity contribution in [3.8, 4) is 0 Å². The van der Waals surface area contributed by atoms with Gasteiger partial charge in [-0.15, -0.1) is 0 Å². The number of carbonyl (C=O) groups is 2. The van der Waals surface area contributed by atoms with Gasteiger partial charge in [-0.25, -0.2) is 4.90 Å². The number of carbonyl (C=O) groups excluding carboxylic acids is 2. The molecule has 0 aliphatic carbocycles. The summed E-state index contributed by atoms with van der Waals surface area (Å²) in [6.07, 6.45) is 0.476. The molecule has 1 aromatic rings. The summed E-state index contributed by atoms with van der Waals surface area (Å²) in [5, 5.41) is 0.796. The van der Waals surface area contributed by atoms with Gasteiger partial charge in [0.25, 0.3) is 0 Å². The summed E-state index contributed by atoms with van der Waals surface area (Å²) in [5.41, 5.74) is 0.372. The highest BCUT2D eigenvalue weighted by Gasteiger charge is 2.31. The Bertz CT molecular complexity index is 429. The third-order valence-electron chi connectivity index (χ3n) is 2.20. The van der Waals surface area contributed by atoms with E-state index in [-0.39, 0.29) is 24.7 Å². The number of anilines is 1. The Balaban J connectivity index is 2.48. The molecule has 1 aliphatic rings. The van der Waals surface area contributed by atoms with E-state index in [4.69, 9.17) is 23.2 Å². The van der Waals surface area contributed by atoms with Crippen LogP contribution in [0.15, 0.2) is 18.2 Å². The highest BCUT2D eigenvalue weighted by atomic mass is 35.5. The first kappa shape index (κ1) is 10.5. The maximum atomic E-state index is 11.5. The molecule has 1 fully saturated rings. The van der Waals surface area contributed by atoms with Gasteiger partial charge >= 0.3 is 0 Å². The van der Waals surface area contributed by atoms with E-state index in [0.29, 0.717) is 15.7 Å². The Labute approximate surface area is 96.6 Å². The summed E-state index contributed by atoms with van der Waals surface area (Å²) in [6.45, 7) is 0. The van der Waals surface area contributed by atoms with Gasteiger partial charge in [0.15, 0.2) is 0 Å². The number of hydrogen-bond donors (Lipinski definition) is 0. The average molecular weight is 244 g/mol. The number of rotatable bonds is 1.